The molecular formula is C25H34N6O. The Balaban J connectivity index is 1.25. The molecule has 0 amide bonds. The first-order chi connectivity index (χ1) is 15.7. The minimum atomic E-state index is 0.234. The fraction of sp³-hybridized carbons (Fsp3) is 0.440. The van der Waals surface area contributed by atoms with Gasteiger partial charge in [-0.2, -0.15) is 5.10 Å². The van der Waals surface area contributed by atoms with Gasteiger partial charge in [-0.05, 0) is 75.5 Å². The fourth-order valence-corrected chi connectivity index (χ4v) is 4.30. The molecule has 1 atom stereocenters. The summed E-state index contributed by atoms with van der Waals surface area (Å²) in [5.41, 5.74) is 3.46. The summed E-state index contributed by atoms with van der Waals surface area (Å²) in [6, 6.07) is 14.5. The molecule has 3 heterocycles. The van der Waals surface area contributed by atoms with Crippen molar-refractivity contribution in [3.05, 3.63) is 71.9 Å². The SMILES string of the molecule is CN=C(NCCCc1cn(-c2ccccc2)nc1C)NCC(c1ccco1)N1CCCC1. The number of aromatic nitrogens is 2. The Labute approximate surface area is 190 Å². The highest BCUT2D eigenvalue weighted by atomic mass is 16.3. The number of guanidine groups is 1. The van der Waals surface area contributed by atoms with E-state index in [9.17, 15) is 0 Å². The maximum Gasteiger partial charge on any atom is 0.191 e. The number of hydrogen-bond acceptors (Lipinski definition) is 4. The van der Waals surface area contributed by atoms with Crippen molar-refractivity contribution in [2.45, 2.75) is 38.6 Å². The summed E-state index contributed by atoms with van der Waals surface area (Å²) in [5.74, 6) is 1.85. The molecule has 0 radical (unpaired) electrons. The quantitative estimate of drug-likeness (QED) is 0.305. The van der Waals surface area contributed by atoms with Crippen LogP contribution in [0, 0.1) is 6.92 Å². The van der Waals surface area contributed by atoms with Crippen molar-refractivity contribution in [1.29, 1.82) is 0 Å². The lowest BCUT2D eigenvalue weighted by molar-refractivity contribution is 0.215. The third-order valence-corrected chi connectivity index (χ3v) is 6.08. The minimum Gasteiger partial charge on any atom is -0.468 e. The van der Waals surface area contributed by atoms with E-state index in [1.54, 1.807) is 6.26 Å². The molecule has 0 spiro atoms. The monoisotopic (exact) mass is 434 g/mol. The van der Waals surface area contributed by atoms with Crippen LogP contribution in [-0.4, -0.2) is 53.9 Å². The van der Waals surface area contributed by atoms with Gasteiger partial charge in [0.05, 0.1) is 23.7 Å². The molecule has 4 rings (SSSR count). The smallest absolute Gasteiger partial charge is 0.191 e. The molecule has 1 unspecified atom stereocenters. The summed E-state index contributed by atoms with van der Waals surface area (Å²) in [7, 11) is 1.82. The van der Waals surface area contributed by atoms with Gasteiger partial charge in [-0.3, -0.25) is 9.89 Å². The summed E-state index contributed by atoms with van der Waals surface area (Å²) in [6.45, 7) is 5.95. The summed E-state index contributed by atoms with van der Waals surface area (Å²) in [4.78, 5) is 6.90. The Hall–Kier alpha value is -3.06. The summed E-state index contributed by atoms with van der Waals surface area (Å²) in [5, 5.41) is 11.6. The number of furan rings is 1. The van der Waals surface area contributed by atoms with Gasteiger partial charge in [0.2, 0.25) is 0 Å². The highest BCUT2D eigenvalue weighted by molar-refractivity contribution is 5.79. The zero-order chi connectivity index (χ0) is 22.2. The van der Waals surface area contributed by atoms with E-state index >= 15 is 0 Å². The van der Waals surface area contributed by atoms with Crippen LogP contribution in [0.5, 0.6) is 0 Å². The first kappa shape index (κ1) is 22.1. The van der Waals surface area contributed by atoms with Crippen molar-refractivity contribution in [3.63, 3.8) is 0 Å². The number of aliphatic imine (C=N–C) groups is 1. The molecule has 1 fully saturated rings. The molecule has 0 bridgehead atoms. The highest BCUT2D eigenvalue weighted by Gasteiger charge is 2.25. The molecule has 1 aromatic carbocycles. The first-order valence-electron chi connectivity index (χ1n) is 11.6. The molecule has 7 nitrogen and oxygen atoms in total. The minimum absolute atomic E-state index is 0.234. The molecular weight excluding hydrogens is 400 g/mol. The lowest BCUT2D eigenvalue weighted by Crippen LogP contribution is -2.42. The van der Waals surface area contributed by atoms with Gasteiger partial charge < -0.3 is 15.1 Å². The Morgan fingerprint density at radius 1 is 1.12 bits per heavy atom. The number of nitrogens with zero attached hydrogens (tertiary/aromatic N) is 4. The molecule has 1 saturated heterocycles. The van der Waals surface area contributed by atoms with Crippen LogP contribution in [-0.2, 0) is 6.42 Å². The molecule has 7 heteroatoms. The summed E-state index contributed by atoms with van der Waals surface area (Å²) < 4.78 is 7.68. The van der Waals surface area contributed by atoms with E-state index < -0.39 is 0 Å². The highest BCUT2D eigenvalue weighted by Crippen LogP contribution is 2.24. The first-order valence-corrected chi connectivity index (χ1v) is 11.6. The van der Waals surface area contributed by atoms with Crippen LogP contribution in [0.15, 0.2) is 64.3 Å². The van der Waals surface area contributed by atoms with Crippen molar-refractivity contribution < 1.29 is 4.42 Å². The van der Waals surface area contributed by atoms with Crippen LogP contribution in [0.25, 0.3) is 5.69 Å². The van der Waals surface area contributed by atoms with Gasteiger partial charge in [0.1, 0.15) is 5.76 Å². The zero-order valence-electron chi connectivity index (χ0n) is 19.1. The van der Waals surface area contributed by atoms with E-state index in [0.717, 1.165) is 62.1 Å². The van der Waals surface area contributed by atoms with Gasteiger partial charge in [0.25, 0.3) is 0 Å². The number of para-hydroxylation sites is 1. The number of likely N-dealkylation sites (tertiary alicyclic amines) is 1. The van der Waals surface area contributed by atoms with Gasteiger partial charge in [-0.15, -0.1) is 0 Å². The molecule has 0 aliphatic carbocycles. The summed E-state index contributed by atoms with van der Waals surface area (Å²) in [6.07, 6.45) is 8.39. The van der Waals surface area contributed by atoms with Crippen molar-refractivity contribution in [2.24, 2.45) is 4.99 Å². The lowest BCUT2D eigenvalue weighted by atomic mass is 10.1. The number of rotatable bonds is 9. The molecule has 2 aromatic heterocycles. The number of hydrogen-bond donors (Lipinski definition) is 2. The van der Waals surface area contributed by atoms with E-state index in [1.807, 2.05) is 36.0 Å². The Bertz CT molecular complexity index is 973. The zero-order valence-corrected chi connectivity index (χ0v) is 19.1. The number of benzene rings is 1. The molecule has 2 N–H and O–H groups in total. The summed E-state index contributed by atoms with van der Waals surface area (Å²) >= 11 is 0. The van der Waals surface area contributed by atoms with Crippen LogP contribution in [0.4, 0.5) is 0 Å². The number of nitrogens with one attached hydrogen (secondary N) is 2. The van der Waals surface area contributed by atoms with Crippen molar-refractivity contribution in [1.82, 2.24) is 25.3 Å². The largest absolute Gasteiger partial charge is 0.468 e. The molecule has 0 saturated carbocycles. The van der Waals surface area contributed by atoms with E-state index in [0.29, 0.717) is 0 Å². The van der Waals surface area contributed by atoms with Crippen LogP contribution >= 0.6 is 0 Å². The third kappa shape index (κ3) is 5.59. The maximum absolute atomic E-state index is 5.72. The van der Waals surface area contributed by atoms with Gasteiger partial charge in [-0.1, -0.05) is 18.2 Å². The van der Waals surface area contributed by atoms with Crippen LogP contribution in [0.2, 0.25) is 0 Å². The average Bonchev–Trinajstić information content (AvgIpc) is 3.59. The Morgan fingerprint density at radius 3 is 2.66 bits per heavy atom. The fourth-order valence-electron chi connectivity index (χ4n) is 4.30. The van der Waals surface area contributed by atoms with Crippen LogP contribution < -0.4 is 10.6 Å². The molecule has 3 aromatic rings. The van der Waals surface area contributed by atoms with Crippen molar-refractivity contribution >= 4 is 5.96 Å². The lowest BCUT2D eigenvalue weighted by Gasteiger charge is -2.26. The van der Waals surface area contributed by atoms with Crippen molar-refractivity contribution in [3.8, 4) is 5.69 Å². The second kappa shape index (κ2) is 11.0. The molecule has 32 heavy (non-hydrogen) atoms. The maximum atomic E-state index is 5.72. The van der Waals surface area contributed by atoms with Crippen LogP contribution in [0.1, 0.15) is 42.3 Å². The Morgan fingerprint density at radius 2 is 1.94 bits per heavy atom. The predicted molar refractivity (Wildman–Crippen MR) is 128 cm³/mol. The van der Waals surface area contributed by atoms with E-state index in [4.69, 9.17) is 4.42 Å². The Kier molecular flexibility index (Phi) is 7.61. The topological polar surface area (TPSA) is 70.6 Å². The molecule has 1 aliphatic heterocycles. The molecule has 170 valence electrons. The van der Waals surface area contributed by atoms with Gasteiger partial charge >= 0.3 is 0 Å². The molecule has 1 aliphatic rings. The standard InChI is InChI=1S/C25H34N6O/c1-20-21(19-31(29-20)22-11-4-3-5-12-22)10-8-14-27-25(26-2)28-18-23(24-13-9-17-32-24)30-15-6-7-16-30/h3-5,9,11-13,17,19,23H,6-8,10,14-16,18H2,1-2H3,(H2,26,27,28). The second-order valence-electron chi connectivity index (χ2n) is 8.28. The van der Waals surface area contributed by atoms with Gasteiger partial charge in [0, 0.05) is 26.3 Å². The van der Waals surface area contributed by atoms with Crippen LogP contribution in [0.3, 0.4) is 0 Å². The predicted octanol–water partition coefficient (Wildman–Crippen LogP) is 3.71. The normalized spacial score (nSPS) is 15.8. The number of aryl methyl sites for hydroxylation is 2. The second-order valence-corrected chi connectivity index (χ2v) is 8.28. The van der Waals surface area contributed by atoms with E-state index in [1.165, 1.54) is 18.4 Å². The van der Waals surface area contributed by atoms with Gasteiger partial charge in [-0.25, -0.2) is 4.68 Å². The average molecular weight is 435 g/mol. The van der Waals surface area contributed by atoms with E-state index in [-0.39, 0.29) is 6.04 Å². The van der Waals surface area contributed by atoms with Gasteiger partial charge in [0.15, 0.2) is 5.96 Å². The van der Waals surface area contributed by atoms with Crippen molar-refractivity contribution in [2.75, 3.05) is 33.2 Å². The third-order valence-electron chi connectivity index (χ3n) is 6.08. The van der Waals surface area contributed by atoms with E-state index in [2.05, 4.69) is 56.9 Å².